The molecule has 0 radical (unpaired) electrons. The molecule has 0 spiro atoms. The van der Waals surface area contributed by atoms with Crippen LogP contribution in [0.1, 0.15) is 11.1 Å². The lowest BCUT2D eigenvalue weighted by Crippen LogP contribution is -2.17. The molecule has 4 nitrogen and oxygen atoms in total. The lowest BCUT2D eigenvalue weighted by Gasteiger charge is -2.10. The number of hydrogen-bond acceptors (Lipinski definition) is 2. The third-order valence-electron chi connectivity index (χ3n) is 3.78. The number of aromatic nitrogens is 1. The Morgan fingerprint density at radius 1 is 1.20 bits per heavy atom. The summed E-state index contributed by atoms with van der Waals surface area (Å²) < 4.78 is 42.0. The van der Waals surface area contributed by atoms with E-state index in [0.717, 1.165) is 10.9 Å². The molecule has 0 unspecified atom stereocenters. The monoisotopic (exact) mass is 346 g/mol. The second-order valence-corrected chi connectivity index (χ2v) is 5.61. The molecular weight excluding hydrogens is 333 g/mol. The molecule has 7 heteroatoms. The van der Waals surface area contributed by atoms with Crippen LogP contribution in [0.3, 0.4) is 0 Å². The van der Waals surface area contributed by atoms with Gasteiger partial charge >= 0.3 is 6.36 Å². The topological polar surface area (TPSA) is 38.8 Å². The molecule has 0 bridgehead atoms. The number of alkyl halides is 3. The van der Waals surface area contributed by atoms with E-state index in [2.05, 4.69) is 9.58 Å². The molecule has 0 aliphatic carbocycles. The standard InChI is InChI=1S/C18H13F3N2O2/c1-11-7-14(22-2)8-13-10-23(17(24)16(11)13)9-12-3-5-15(6-4-12)25-18(19,20)21/h3-8,10,24H,9H2,1H3. The Kier molecular flexibility index (Phi) is 4.05. The minimum Gasteiger partial charge on any atom is -0.494 e. The largest absolute Gasteiger partial charge is 0.573 e. The molecule has 1 aromatic heterocycles. The van der Waals surface area contributed by atoms with Gasteiger partial charge < -0.3 is 14.4 Å². The second-order valence-electron chi connectivity index (χ2n) is 5.61. The van der Waals surface area contributed by atoms with Gasteiger partial charge in [0.15, 0.2) is 11.6 Å². The summed E-state index contributed by atoms with van der Waals surface area (Å²) >= 11 is 0. The quantitative estimate of drug-likeness (QED) is 0.666. The minimum atomic E-state index is -4.73. The molecule has 0 atom stereocenters. The van der Waals surface area contributed by atoms with Gasteiger partial charge in [-0.15, -0.1) is 13.2 Å². The summed E-state index contributed by atoms with van der Waals surface area (Å²) in [6.45, 7) is 9.19. The molecule has 0 aliphatic heterocycles. The Labute approximate surface area is 141 Å². The van der Waals surface area contributed by atoms with Gasteiger partial charge in [-0.05, 0) is 41.6 Å². The van der Waals surface area contributed by atoms with Gasteiger partial charge in [-0.2, -0.15) is 0 Å². The van der Waals surface area contributed by atoms with E-state index < -0.39 is 6.36 Å². The average molecular weight is 346 g/mol. The first-order chi connectivity index (χ1) is 11.8. The van der Waals surface area contributed by atoms with Crippen molar-refractivity contribution in [3.63, 3.8) is 0 Å². The van der Waals surface area contributed by atoms with Gasteiger partial charge in [0.1, 0.15) is 5.75 Å². The highest BCUT2D eigenvalue weighted by Gasteiger charge is 2.30. The van der Waals surface area contributed by atoms with Crippen molar-refractivity contribution in [3.05, 3.63) is 65.1 Å². The summed E-state index contributed by atoms with van der Waals surface area (Å²) in [6.07, 6.45) is -3.01. The summed E-state index contributed by atoms with van der Waals surface area (Å²) in [5.74, 6) is -0.240. The van der Waals surface area contributed by atoms with Crippen LogP contribution in [-0.2, 0) is 6.54 Å². The van der Waals surface area contributed by atoms with Crippen molar-refractivity contribution in [1.82, 2.24) is 4.57 Å². The Hall–Kier alpha value is -3.14. The highest BCUT2D eigenvalue weighted by atomic mass is 19.4. The van der Waals surface area contributed by atoms with Crippen LogP contribution in [0, 0.1) is 13.5 Å². The predicted molar refractivity (Wildman–Crippen MR) is 86.8 cm³/mol. The number of benzene rings is 2. The Morgan fingerprint density at radius 3 is 2.48 bits per heavy atom. The van der Waals surface area contributed by atoms with Gasteiger partial charge in [0.2, 0.25) is 0 Å². The molecule has 25 heavy (non-hydrogen) atoms. The normalized spacial score (nSPS) is 11.5. The fourth-order valence-corrected chi connectivity index (χ4v) is 2.75. The number of nitrogens with zero attached hydrogens (tertiary/aromatic N) is 2. The molecule has 2 aromatic carbocycles. The van der Waals surface area contributed by atoms with Crippen molar-refractivity contribution in [2.45, 2.75) is 19.8 Å². The second kappa shape index (κ2) is 6.06. The van der Waals surface area contributed by atoms with E-state index in [-0.39, 0.29) is 18.2 Å². The number of halogens is 3. The SMILES string of the molecule is [C-]#[N+]c1cc(C)c2c(O)n(Cc3ccc(OC(F)(F)F)cc3)cc2c1. The van der Waals surface area contributed by atoms with Crippen LogP contribution < -0.4 is 4.74 Å². The number of aryl methyl sites for hydroxylation is 1. The van der Waals surface area contributed by atoms with E-state index >= 15 is 0 Å². The van der Waals surface area contributed by atoms with Crippen LogP contribution in [0.4, 0.5) is 18.9 Å². The van der Waals surface area contributed by atoms with E-state index in [9.17, 15) is 18.3 Å². The number of ether oxygens (including phenoxy) is 1. The number of aromatic hydroxyl groups is 1. The van der Waals surface area contributed by atoms with Gasteiger partial charge in [0.05, 0.1) is 13.1 Å². The predicted octanol–water partition coefficient (Wildman–Crippen LogP) is 5.15. The summed E-state index contributed by atoms with van der Waals surface area (Å²) in [6, 6.07) is 8.84. The van der Waals surface area contributed by atoms with Crippen molar-refractivity contribution in [1.29, 1.82) is 0 Å². The zero-order valence-corrected chi connectivity index (χ0v) is 13.1. The number of hydrogen-bond donors (Lipinski definition) is 1. The van der Waals surface area contributed by atoms with E-state index in [4.69, 9.17) is 6.57 Å². The van der Waals surface area contributed by atoms with Gasteiger partial charge in [-0.25, -0.2) is 4.85 Å². The molecular formula is C18H13F3N2O2. The first-order valence-electron chi connectivity index (χ1n) is 7.31. The fourth-order valence-electron chi connectivity index (χ4n) is 2.75. The van der Waals surface area contributed by atoms with Crippen LogP contribution >= 0.6 is 0 Å². The van der Waals surface area contributed by atoms with Gasteiger partial charge in [-0.3, -0.25) is 0 Å². The summed E-state index contributed by atoms with van der Waals surface area (Å²) in [4.78, 5) is 3.40. The van der Waals surface area contributed by atoms with E-state index in [1.165, 1.54) is 24.3 Å². The highest BCUT2D eigenvalue weighted by molar-refractivity contribution is 5.93. The van der Waals surface area contributed by atoms with Crippen LogP contribution in [-0.4, -0.2) is 16.0 Å². The molecule has 0 saturated heterocycles. The van der Waals surface area contributed by atoms with Crippen molar-refractivity contribution in [2.75, 3.05) is 0 Å². The Bertz CT molecular complexity index is 967. The molecule has 0 aliphatic rings. The molecule has 1 N–H and O–H groups in total. The van der Waals surface area contributed by atoms with Crippen LogP contribution in [0.2, 0.25) is 0 Å². The molecule has 0 fully saturated rings. The minimum absolute atomic E-state index is 0.0552. The zero-order chi connectivity index (χ0) is 18.2. The summed E-state index contributed by atoms with van der Waals surface area (Å²) in [7, 11) is 0. The van der Waals surface area contributed by atoms with Crippen molar-refractivity contribution < 1.29 is 23.0 Å². The van der Waals surface area contributed by atoms with E-state index in [1.807, 2.05) is 6.92 Å². The van der Waals surface area contributed by atoms with Crippen LogP contribution in [0.5, 0.6) is 11.6 Å². The zero-order valence-electron chi connectivity index (χ0n) is 13.1. The van der Waals surface area contributed by atoms with Crippen LogP contribution in [0.15, 0.2) is 42.6 Å². The fraction of sp³-hybridized carbons (Fsp3) is 0.167. The van der Waals surface area contributed by atoms with Gasteiger partial charge in [0.25, 0.3) is 0 Å². The van der Waals surface area contributed by atoms with Gasteiger partial charge in [-0.1, -0.05) is 18.2 Å². The molecule has 3 rings (SSSR count). The highest BCUT2D eigenvalue weighted by Crippen LogP contribution is 2.34. The average Bonchev–Trinajstić information content (AvgIpc) is 2.84. The number of fused-ring (bicyclic) bond motifs is 1. The van der Waals surface area contributed by atoms with Crippen molar-refractivity contribution in [2.24, 2.45) is 0 Å². The maximum atomic E-state index is 12.2. The molecule has 1 heterocycles. The molecule has 128 valence electrons. The molecule has 0 saturated carbocycles. The molecule has 0 amide bonds. The molecule has 3 aromatic rings. The summed E-state index contributed by atoms with van der Waals surface area (Å²) in [5, 5.41) is 11.8. The first kappa shape index (κ1) is 16.7. The van der Waals surface area contributed by atoms with Gasteiger partial charge in [0, 0.05) is 11.6 Å². The van der Waals surface area contributed by atoms with Crippen LogP contribution in [0.25, 0.3) is 15.6 Å². The maximum absolute atomic E-state index is 12.2. The van der Waals surface area contributed by atoms with E-state index in [0.29, 0.717) is 16.6 Å². The third kappa shape index (κ3) is 3.53. The van der Waals surface area contributed by atoms with Crippen molar-refractivity contribution >= 4 is 16.5 Å². The summed E-state index contributed by atoms with van der Waals surface area (Å²) in [5.41, 5.74) is 1.97. The lowest BCUT2D eigenvalue weighted by atomic mass is 10.1. The smallest absolute Gasteiger partial charge is 0.494 e. The Balaban J connectivity index is 1.89. The lowest BCUT2D eigenvalue weighted by molar-refractivity contribution is -0.274. The number of rotatable bonds is 3. The third-order valence-corrected chi connectivity index (χ3v) is 3.78. The Morgan fingerprint density at radius 2 is 1.88 bits per heavy atom. The first-order valence-corrected chi connectivity index (χ1v) is 7.31. The maximum Gasteiger partial charge on any atom is 0.573 e. The van der Waals surface area contributed by atoms with Crippen molar-refractivity contribution in [3.8, 4) is 11.6 Å². The van der Waals surface area contributed by atoms with E-state index in [1.54, 1.807) is 22.9 Å².